The normalized spacial score (nSPS) is 26.2. The summed E-state index contributed by atoms with van der Waals surface area (Å²) in [7, 11) is 0. The molecule has 2 fully saturated rings. The number of carbonyl (C=O) groups excluding carboxylic acids is 1. The number of amides is 1. The molecule has 4 nitrogen and oxygen atoms in total. The lowest BCUT2D eigenvalue weighted by molar-refractivity contribution is -0.142. The third kappa shape index (κ3) is 3.44. The second-order valence-electron chi connectivity index (χ2n) is 7.47. The molecule has 2 heterocycles. The van der Waals surface area contributed by atoms with E-state index in [1.54, 1.807) is 12.1 Å². The summed E-state index contributed by atoms with van der Waals surface area (Å²) >= 11 is 12.3. The van der Waals surface area contributed by atoms with Crippen LogP contribution in [-0.4, -0.2) is 35.5 Å². The maximum Gasteiger partial charge on any atom is 0.222 e. The first kappa shape index (κ1) is 16.9. The fourth-order valence-corrected chi connectivity index (χ4v) is 4.07. The van der Waals surface area contributed by atoms with E-state index in [2.05, 4.69) is 19.2 Å². The summed E-state index contributed by atoms with van der Waals surface area (Å²) in [5.41, 5.74) is 0.894. The minimum absolute atomic E-state index is 0.0631. The zero-order chi connectivity index (χ0) is 16.8. The van der Waals surface area contributed by atoms with Crippen LogP contribution in [0.3, 0.4) is 0 Å². The van der Waals surface area contributed by atoms with Gasteiger partial charge in [0.2, 0.25) is 5.91 Å². The number of aromatic hydroxyl groups is 1. The summed E-state index contributed by atoms with van der Waals surface area (Å²) < 4.78 is 0. The van der Waals surface area contributed by atoms with Crippen LogP contribution in [0.5, 0.6) is 5.75 Å². The molecule has 1 aromatic carbocycles. The molecule has 0 bridgehead atoms. The fraction of sp³-hybridized carbons (Fsp3) is 0.588. The zero-order valence-electron chi connectivity index (χ0n) is 13.4. The number of likely N-dealkylation sites (tertiary alicyclic amines) is 1. The van der Waals surface area contributed by atoms with Crippen molar-refractivity contribution in [1.82, 2.24) is 10.2 Å². The van der Waals surface area contributed by atoms with E-state index in [-0.39, 0.29) is 29.0 Å². The van der Waals surface area contributed by atoms with Gasteiger partial charge in [0.15, 0.2) is 0 Å². The van der Waals surface area contributed by atoms with E-state index < -0.39 is 0 Å². The van der Waals surface area contributed by atoms with Crippen molar-refractivity contribution in [3.05, 3.63) is 27.7 Å². The Morgan fingerprint density at radius 2 is 2.09 bits per heavy atom. The number of hydrogen-bond donors (Lipinski definition) is 2. The van der Waals surface area contributed by atoms with Crippen molar-refractivity contribution >= 4 is 29.1 Å². The monoisotopic (exact) mass is 356 g/mol. The molecular weight excluding hydrogens is 335 g/mol. The second-order valence-corrected chi connectivity index (χ2v) is 8.26. The van der Waals surface area contributed by atoms with Crippen LogP contribution in [-0.2, 0) is 4.79 Å². The molecular formula is C17H22Cl2N2O2. The first-order valence-corrected chi connectivity index (χ1v) is 8.70. The third-order valence-corrected chi connectivity index (χ3v) is 5.55. The molecule has 2 atom stereocenters. The maximum atomic E-state index is 12.3. The number of nitrogens with zero attached hydrogens (tertiary/aromatic N) is 1. The number of phenolic OH excluding ortho intramolecular Hbond substituents is 1. The molecule has 1 aromatic rings. The largest absolute Gasteiger partial charge is 0.508 e. The van der Waals surface area contributed by atoms with Crippen LogP contribution >= 0.6 is 23.2 Å². The van der Waals surface area contributed by atoms with E-state index in [0.717, 1.165) is 26.1 Å². The first-order chi connectivity index (χ1) is 10.8. The highest BCUT2D eigenvalue weighted by atomic mass is 35.5. The summed E-state index contributed by atoms with van der Waals surface area (Å²) in [5.74, 6) is 0.622. The summed E-state index contributed by atoms with van der Waals surface area (Å²) in [4.78, 5) is 14.2. The van der Waals surface area contributed by atoms with E-state index in [4.69, 9.17) is 23.2 Å². The molecule has 0 saturated carbocycles. The smallest absolute Gasteiger partial charge is 0.222 e. The number of nitrogens with one attached hydrogen (secondary N) is 1. The number of carbonyl (C=O) groups is 1. The quantitative estimate of drug-likeness (QED) is 0.869. The van der Waals surface area contributed by atoms with Gasteiger partial charge in [0.25, 0.3) is 0 Å². The maximum absolute atomic E-state index is 12.3. The third-order valence-electron chi connectivity index (χ3n) is 4.73. The predicted octanol–water partition coefficient (Wildman–Crippen LogP) is 3.61. The molecule has 23 heavy (non-hydrogen) atoms. The number of halogens is 2. The van der Waals surface area contributed by atoms with Crippen LogP contribution < -0.4 is 5.32 Å². The zero-order valence-corrected chi connectivity index (χ0v) is 14.9. The van der Waals surface area contributed by atoms with Gasteiger partial charge < -0.3 is 15.3 Å². The van der Waals surface area contributed by atoms with Crippen molar-refractivity contribution in [2.75, 3.05) is 19.6 Å². The van der Waals surface area contributed by atoms with Crippen LogP contribution in [0.1, 0.15) is 38.3 Å². The molecule has 126 valence electrons. The molecule has 2 aliphatic heterocycles. The van der Waals surface area contributed by atoms with Gasteiger partial charge in [0.1, 0.15) is 5.75 Å². The van der Waals surface area contributed by atoms with Crippen molar-refractivity contribution < 1.29 is 9.90 Å². The van der Waals surface area contributed by atoms with Gasteiger partial charge in [-0.1, -0.05) is 37.0 Å². The Kier molecular flexibility index (Phi) is 4.51. The van der Waals surface area contributed by atoms with Gasteiger partial charge >= 0.3 is 0 Å². The summed E-state index contributed by atoms with van der Waals surface area (Å²) in [6, 6.07) is 3.09. The first-order valence-electron chi connectivity index (χ1n) is 7.95. The molecule has 2 saturated heterocycles. The van der Waals surface area contributed by atoms with Gasteiger partial charge in [0.05, 0.1) is 10.0 Å². The number of phenols is 1. The van der Waals surface area contributed by atoms with Gasteiger partial charge in [-0.2, -0.15) is 0 Å². The molecule has 0 spiro atoms. The summed E-state index contributed by atoms with van der Waals surface area (Å²) in [6.45, 7) is 6.78. The molecule has 2 aliphatic rings. The molecule has 0 radical (unpaired) electrons. The Balaban J connectivity index is 1.61. The lowest BCUT2D eigenvalue weighted by Gasteiger charge is -2.46. The Hall–Kier alpha value is -0.970. The highest BCUT2D eigenvalue weighted by Gasteiger charge is 2.38. The number of hydrogen-bond acceptors (Lipinski definition) is 3. The Labute approximate surface area is 146 Å². The van der Waals surface area contributed by atoms with E-state index in [1.165, 1.54) is 0 Å². The van der Waals surface area contributed by atoms with E-state index in [9.17, 15) is 9.90 Å². The van der Waals surface area contributed by atoms with Crippen LogP contribution in [0.4, 0.5) is 0 Å². The Morgan fingerprint density at radius 3 is 2.74 bits per heavy atom. The lowest BCUT2D eigenvalue weighted by Crippen LogP contribution is -2.55. The van der Waals surface area contributed by atoms with Gasteiger partial charge in [-0.25, -0.2) is 0 Å². The van der Waals surface area contributed by atoms with E-state index >= 15 is 0 Å². The van der Waals surface area contributed by atoms with Gasteiger partial charge in [-0.05, 0) is 36.4 Å². The van der Waals surface area contributed by atoms with Gasteiger partial charge in [0, 0.05) is 31.1 Å². The minimum atomic E-state index is -0.0631. The summed E-state index contributed by atoms with van der Waals surface area (Å²) in [6.07, 6.45) is 1.31. The van der Waals surface area contributed by atoms with E-state index in [0.29, 0.717) is 22.0 Å². The molecule has 1 amide bonds. The Bertz CT molecular complexity index is 625. The van der Waals surface area contributed by atoms with Crippen LogP contribution in [0.15, 0.2) is 12.1 Å². The van der Waals surface area contributed by atoms with Crippen molar-refractivity contribution in [1.29, 1.82) is 0 Å². The van der Waals surface area contributed by atoms with Gasteiger partial charge in [-0.15, -0.1) is 0 Å². The second kappa shape index (κ2) is 6.15. The fourth-order valence-electron chi connectivity index (χ4n) is 3.61. The molecule has 0 aromatic heterocycles. The number of benzene rings is 1. The molecule has 6 heteroatoms. The molecule has 3 rings (SSSR count). The van der Waals surface area contributed by atoms with Crippen molar-refractivity contribution in [2.45, 2.75) is 32.7 Å². The van der Waals surface area contributed by atoms with Crippen molar-refractivity contribution in [2.24, 2.45) is 11.3 Å². The number of rotatable bonds is 3. The standard InChI is InChI=1S/C17H22Cl2N2O2/c1-17(2)8-21(9-17)14(23)6-10-5-12(20-7-10)15-13(22)4-3-11(18)16(15)19/h3-4,10,12,20,22H,5-9H2,1-2H3. The average Bonchev–Trinajstić information content (AvgIpc) is 2.89. The predicted molar refractivity (Wildman–Crippen MR) is 92.0 cm³/mol. The van der Waals surface area contributed by atoms with Crippen molar-refractivity contribution in [3.8, 4) is 5.75 Å². The lowest BCUT2D eigenvalue weighted by atomic mass is 9.83. The average molecular weight is 357 g/mol. The SMILES string of the molecule is CC1(C)CN(C(=O)CC2CNC(c3c(O)ccc(Cl)c3Cl)C2)C1. The molecule has 2 unspecified atom stereocenters. The Morgan fingerprint density at radius 1 is 1.39 bits per heavy atom. The topological polar surface area (TPSA) is 52.6 Å². The van der Waals surface area contributed by atoms with Crippen LogP contribution in [0, 0.1) is 11.3 Å². The van der Waals surface area contributed by atoms with E-state index in [1.807, 2.05) is 4.90 Å². The highest BCUT2D eigenvalue weighted by molar-refractivity contribution is 6.42. The van der Waals surface area contributed by atoms with Crippen LogP contribution in [0.25, 0.3) is 0 Å². The highest BCUT2D eigenvalue weighted by Crippen LogP contribution is 2.41. The van der Waals surface area contributed by atoms with Gasteiger partial charge in [-0.3, -0.25) is 4.79 Å². The summed E-state index contributed by atoms with van der Waals surface area (Å²) in [5, 5.41) is 14.3. The van der Waals surface area contributed by atoms with Crippen LogP contribution in [0.2, 0.25) is 10.0 Å². The minimum Gasteiger partial charge on any atom is -0.508 e. The van der Waals surface area contributed by atoms with Crippen molar-refractivity contribution in [3.63, 3.8) is 0 Å². The molecule has 2 N–H and O–H groups in total. The molecule has 0 aliphatic carbocycles.